The number of para-hydroxylation sites is 1. The number of hydrazone groups is 1. The number of amides is 1. The van der Waals surface area contributed by atoms with Crippen molar-refractivity contribution in [1.29, 1.82) is 0 Å². The second-order valence-electron chi connectivity index (χ2n) is 5.27. The number of carbonyl (C=O) groups excluding carboxylic acids is 1. The van der Waals surface area contributed by atoms with Crippen molar-refractivity contribution in [3.63, 3.8) is 0 Å². The highest BCUT2D eigenvalue weighted by molar-refractivity contribution is 5.86. The van der Waals surface area contributed by atoms with Gasteiger partial charge in [-0.1, -0.05) is 18.6 Å². The number of carbonyl (C=O) groups is 1. The summed E-state index contributed by atoms with van der Waals surface area (Å²) < 4.78 is 0. The lowest BCUT2D eigenvalue weighted by Gasteiger charge is -2.25. The van der Waals surface area contributed by atoms with Crippen molar-refractivity contribution in [2.24, 2.45) is 16.4 Å². The topological polar surface area (TPSA) is 61.7 Å². The molecule has 0 bridgehead atoms. The largest absolute Gasteiger partial charge is 0.507 e. The van der Waals surface area contributed by atoms with Crippen molar-refractivity contribution in [2.75, 3.05) is 0 Å². The Morgan fingerprint density at radius 1 is 1.44 bits per heavy atom. The Balaban J connectivity index is 1.55. The molecule has 1 amide bonds. The highest BCUT2D eigenvalue weighted by Crippen LogP contribution is 2.65. The van der Waals surface area contributed by atoms with E-state index in [2.05, 4.69) is 10.5 Å². The van der Waals surface area contributed by atoms with Crippen molar-refractivity contribution < 1.29 is 9.90 Å². The van der Waals surface area contributed by atoms with Crippen LogP contribution in [0.4, 0.5) is 0 Å². The number of phenolic OH excluding ortho intramolecular Hbond substituents is 1. The van der Waals surface area contributed by atoms with Crippen LogP contribution in [0.1, 0.15) is 31.2 Å². The summed E-state index contributed by atoms with van der Waals surface area (Å²) in [5.41, 5.74) is 3.49. The van der Waals surface area contributed by atoms with Gasteiger partial charge in [0.25, 0.3) is 0 Å². The maximum absolute atomic E-state index is 11.8. The summed E-state index contributed by atoms with van der Waals surface area (Å²) >= 11 is 0. The number of rotatable bonds is 3. The van der Waals surface area contributed by atoms with Crippen molar-refractivity contribution >= 4 is 12.1 Å². The summed E-state index contributed by atoms with van der Waals surface area (Å²) in [5, 5.41) is 13.4. The van der Waals surface area contributed by atoms with Crippen LogP contribution in [-0.4, -0.2) is 17.2 Å². The van der Waals surface area contributed by atoms with Crippen LogP contribution in [0.25, 0.3) is 0 Å². The number of phenols is 1. The third kappa shape index (κ3) is 1.88. The standard InChI is InChI=1S/C14H16N2O2/c17-12-5-2-1-4-10(12)9-15-16-13(18)11-8-14(11)6-3-7-14/h1-2,4-5,9,11,17H,3,6-8H2,(H,16,18)/b15-9+. The zero-order chi connectivity index (χ0) is 12.6. The van der Waals surface area contributed by atoms with Gasteiger partial charge in [-0.2, -0.15) is 5.10 Å². The van der Waals surface area contributed by atoms with E-state index in [9.17, 15) is 9.90 Å². The van der Waals surface area contributed by atoms with E-state index in [0.717, 1.165) is 6.42 Å². The molecule has 3 rings (SSSR count). The van der Waals surface area contributed by atoms with Gasteiger partial charge in [0, 0.05) is 11.5 Å². The van der Waals surface area contributed by atoms with E-state index in [1.54, 1.807) is 18.2 Å². The van der Waals surface area contributed by atoms with Crippen molar-refractivity contribution in [3.05, 3.63) is 29.8 Å². The molecule has 2 N–H and O–H groups in total. The third-order valence-corrected chi connectivity index (χ3v) is 4.17. The van der Waals surface area contributed by atoms with Gasteiger partial charge in [0.1, 0.15) is 5.75 Å². The molecule has 18 heavy (non-hydrogen) atoms. The molecule has 4 nitrogen and oxygen atoms in total. The molecule has 1 spiro atoms. The van der Waals surface area contributed by atoms with Crippen molar-refractivity contribution in [3.8, 4) is 5.75 Å². The SMILES string of the molecule is O=C(N/N=C/c1ccccc1O)C1CC12CCC2. The highest BCUT2D eigenvalue weighted by Gasteiger charge is 2.60. The zero-order valence-corrected chi connectivity index (χ0v) is 10.1. The quantitative estimate of drug-likeness (QED) is 0.631. The number of nitrogens with zero attached hydrogens (tertiary/aromatic N) is 1. The van der Waals surface area contributed by atoms with Crippen LogP contribution in [0.2, 0.25) is 0 Å². The summed E-state index contributed by atoms with van der Waals surface area (Å²) in [6.07, 6.45) is 6.13. The van der Waals surface area contributed by atoms with Gasteiger partial charge in [0.2, 0.25) is 5.91 Å². The first-order chi connectivity index (χ1) is 8.71. The minimum Gasteiger partial charge on any atom is -0.507 e. The smallest absolute Gasteiger partial charge is 0.243 e. The molecular formula is C14H16N2O2. The minimum absolute atomic E-state index is 0.0152. The van der Waals surface area contributed by atoms with Crippen LogP contribution < -0.4 is 5.43 Å². The Labute approximate surface area is 106 Å². The predicted octanol–water partition coefficient (Wildman–Crippen LogP) is 2.03. The molecule has 1 atom stereocenters. The van der Waals surface area contributed by atoms with Gasteiger partial charge in [0.15, 0.2) is 0 Å². The summed E-state index contributed by atoms with van der Waals surface area (Å²) in [5.74, 6) is 0.339. The number of hydrogen-bond acceptors (Lipinski definition) is 3. The Morgan fingerprint density at radius 3 is 2.83 bits per heavy atom. The fourth-order valence-electron chi connectivity index (χ4n) is 2.74. The van der Waals surface area contributed by atoms with Gasteiger partial charge in [-0.05, 0) is 36.8 Å². The number of benzene rings is 1. The van der Waals surface area contributed by atoms with Gasteiger partial charge < -0.3 is 5.11 Å². The number of hydrogen-bond donors (Lipinski definition) is 2. The number of nitrogens with one attached hydrogen (secondary N) is 1. The molecule has 1 aromatic rings. The molecule has 2 aliphatic rings. The molecule has 1 unspecified atom stereocenters. The normalized spacial score (nSPS) is 23.9. The van der Waals surface area contributed by atoms with Crippen LogP contribution in [-0.2, 0) is 4.79 Å². The molecule has 2 saturated carbocycles. The molecule has 0 saturated heterocycles. The second-order valence-corrected chi connectivity index (χ2v) is 5.27. The average Bonchev–Trinajstić information content (AvgIpc) is 3.07. The molecule has 2 aliphatic carbocycles. The lowest BCUT2D eigenvalue weighted by Crippen LogP contribution is -2.26. The lowest BCUT2D eigenvalue weighted by atomic mass is 9.80. The summed E-state index contributed by atoms with van der Waals surface area (Å²) in [6, 6.07) is 6.89. The van der Waals surface area contributed by atoms with E-state index < -0.39 is 0 Å². The average molecular weight is 244 g/mol. The first kappa shape index (κ1) is 11.3. The maximum Gasteiger partial charge on any atom is 0.243 e. The summed E-state index contributed by atoms with van der Waals surface area (Å²) in [4.78, 5) is 11.8. The van der Waals surface area contributed by atoms with Crippen LogP contribution in [0.3, 0.4) is 0 Å². The van der Waals surface area contributed by atoms with E-state index >= 15 is 0 Å². The van der Waals surface area contributed by atoms with Crippen LogP contribution in [0.5, 0.6) is 5.75 Å². The molecule has 4 heteroatoms. The van der Waals surface area contributed by atoms with Gasteiger partial charge >= 0.3 is 0 Å². The Morgan fingerprint density at radius 2 is 2.22 bits per heavy atom. The Hall–Kier alpha value is -1.84. The predicted molar refractivity (Wildman–Crippen MR) is 68.2 cm³/mol. The highest BCUT2D eigenvalue weighted by atomic mass is 16.3. The van der Waals surface area contributed by atoms with Crippen LogP contribution in [0, 0.1) is 11.3 Å². The van der Waals surface area contributed by atoms with Crippen molar-refractivity contribution in [1.82, 2.24) is 5.43 Å². The van der Waals surface area contributed by atoms with Crippen LogP contribution in [0.15, 0.2) is 29.4 Å². The Bertz CT molecular complexity index is 506. The third-order valence-electron chi connectivity index (χ3n) is 4.17. The zero-order valence-electron chi connectivity index (χ0n) is 10.1. The van der Waals surface area contributed by atoms with Gasteiger partial charge in [-0.15, -0.1) is 0 Å². The van der Waals surface area contributed by atoms with E-state index in [1.165, 1.54) is 25.5 Å². The first-order valence-electron chi connectivity index (χ1n) is 6.32. The molecular weight excluding hydrogens is 228 g/mol. The van der Waals surface area contributed by atoms with Gasteiger partial charge in [-0.3, -0.25) is 4.79 Å². The van der Waals surface area contributed by atoms with E-state index in [-0.39, 0.29) is 17.6 Å². The lowest BCUT2D eigenvalue weighted by molar-refractivity contribution is -0.123. The minimum atomic E-state index is 0.0152. The molecule has 0 aromatic heterocycles. The maximum atomic E-state index is 11.8. The fourth-order valence-corrected chi connectivity index (χ4v) is 2.74. The van der Waals surface area contributed by atoms with E-state index in [4.69, 9.17) is 0 Å². The second kappa shape index (κ2) is 4.12. The number of aromatic hydroxyl groups is 1. The summed E-state index contributed by atoms with van der Waals surface area (Å²) in [7, 11) is 0. The molecule has 1 aromatic carbocycles. The van der Waals surface area contributed by atoms with E-state index in [0.29, 0.717) is 11.0 Å². The van der Waals surface area contributed by atoms with E-state index in [1.807, 2.05) is 6.07 Å². The van der Waals surface area contributed by atoms with Gasteiger partial charge in [0.05, 0.1) is 6.21 Å². The monoisotopic (exact) mass is 244 g/mol. The first-order valence-corrected chi connectivity index (χ1v) is 6.32. The van der Waals surface area contributed by atoms with Crippen molar-refractivity contribution in [2.45, 2.75) is 25.7 Å². The summed E-state index contributed by atoms with van der Waals surface area (Å²) in [6.45, 7) is 0. The van der Waals surface area contributed by atoms with Crippen LogP contribution >= 0.6 is 0 Å². The fraction of sp³-hybridized carbons (Fsp3) is 0.429. The molecule has 2 fully saturated rings. The Kier molecular flexibility index (Phi) is 2.58. The molecule has 0 heterocycles. The molecule has 94 valence electrons. The molecule has 0 radical (unpaired) electrons. The molecule has 0 aliphatic heterocycles. The van der Waals surface area contributed by atoms with Gasteiger partial charge in [-0.25, -0.2) is 5.43 Å².